The number of nitrogens with zero attached hydrogens (tertiary/aromatic N) is 4. The molecular formula is C30H33N5O4. The third-order valence-electron chi connectivity index (χ3n) is 7.21. The van der Waals surface area contributed by atoms with E-state index in [2.05, 4.69) is 29.0 Å². The monoisotopic (exact) mass is 527 g/mol. The number of hydrogen-bond acceptors (Lipinski definition) is 8. The van der Waals surface area contributed by atoms with Gasteiger partial charge >= 0.3 is 0 Å². The number of ether oxygens (including phenoxy) is 2. The fourth-order valence-corrected chi connectivity index (χ4v) is 5.02. The van der Waals surface area contributed by atoms with E-state index in [4.69, 9.17) is 19.4 Å². The molecule has 202 valence electrons. The van der Waals surface area contributed by atoms with Gasteiger partial charge in [0.1, 0.15) is 5.82 Å². The first-order valence-electron chi connectivity index (χ1n) is 13.0. The molecule has 0 saturated carbocycles. The van der Waals surface area contributed by atoms with Gasteiger partial charge in [0, 0.05) is 30.2 Å². The lowest BCUT2D eigenvalue weighted by molar-refractivity contribution is 0.0527. The summed E-state index contributed by atoms with van der Waals surface area (Å²) in [5.41, 5.74) is 3.47. The van der Waals surface area contributed by atoms with E-state index in [1.54, 1.807) is 31.5 Å². The molecule has 1 aliphatic heterocycles. The molecule has 1 aromatic carbocycles. The molecule has 3 aromatic heterocycles. The van der Waals surface area contributed by atoms with Crippen LogP contribution in [-0.2, 0) is 6.54 Å². The Bertz CT molecular complexity index is 1480. The summed E-state index contributed by atoms with van der Waals surface area (Å²) in [6.45, 7) is 5.92. The first kappa shape index (κ1) is 26.4. The van der Waals surface area contributed by atoms with E-state index in [0.29, 0.717) is 22.8 Å². The molecule has 1 amide bonds. The molecule has 1 unspecified atom stereocenters. The minimum absolute atomic E-state index is 0.177. The number of fused-ring (bicyclic) bond motifs is 1. The van der Waals surface area contributed by atoms with Gasteiger partial charge in [0.05, 0.1) is 49.5 Å². The number of aliphatic hydroxyl groups is 1. The smallest absolute Gasteiger partial charge is 0.251 e. The number of anilines is 1. The number of methoxy groups -OCH3 is 2. The second-order valence-corrected chi connectivity index (χ2v) is 10.0. The van der Waals surface area contributed by atoms with Crippen molar-refractivity contribution in [3.05, 3.63) is 72.1 Å². The molecule has 0 aliphatic carbocycles. The van der Waals surface area contributed by atoms with E-state index >= 15 is 0 Å². The molecule has 1 aliphatic rings. The Kier molecular flexibility index (Phi) is 7.60. The van der Waals surface area contributed by atoms with Gasteiger partial charge in [-0.25, -0.2) is 9.97 Å². The van der Waals surface area contributed by atoms with Crippen molar-refractivity contribution in [2.24, 2.45) is 11.8 Å². The number of pyridine rings is 3. The lowest BCUT2D eigenvalue weighted by Crippen LogP contribution is -2.47. The number of amides is 1. The summed E-state index contributed by atoms with van der Waals surface area (Å²) in [6, 6.07) is 16.8. The van der Waals surface area contributed by atoms with E-state index in [1.807, 2.05) is 36.4 Å². The highest BCUT2D eigenvalue weighted by Crippen LogP contribution is 2.29. The van der Waals surface area contributed by atoms with Crippen LogP contribution in [0.1, 0.15) is 29.9 Å². The van der Waals surface area contributed by atoms with Crippen LogP contribution in [0.5, 0.6) is 11.5 Å². The Morgan fingerprint density at radius 1 is 0.974 bits per heavy atom. The molecule has 39 heavy (non-hydrogen) atoms. The van der Waals surface area contributed by atoms with Gasteiger partial charge < -0.3 is 24.8 Å². The van der Waals surface area contributed by atoms with Gasteiger partial charge in [-0.1, -0.05) is 19.9 Å². The zero-order valence-electron chi connectivity index (χ0n) is 22.6. The molecule has 1 fully saturated rings. The molecule has 2 N–H and O–H groups in total. The molecule has 5 rings (SSSR count). The number of hydrogen-bond donors (Lipinski definition) is 2. The molecular weight excluding hydrogens is 494 g/mol. The number of nitrogens with one attached hydrogen (secondary N) is 1. The van der Waals surface area contributed by atoms with Gasteiger partial charge in [-0.15, -0.1) is 0 Å². The maximum Gasteiger partial charge on any atom is 0.251 e. The average molecular weight is 528 g/mol. The van der Waals surface area contributed by atoms with Crippen molar-refractivity contribution in [2.75, 3.05) is 32.2 Å². The summed E-state index contributed by atoms with van der Waals surface area (Å²) in [6.07, 6.45) is 1.47. The van der Waals surface area contributed by atoms with Gasteiger partial charge in [-0.3, -0.25) is 9.78 Å². The van der Waals surface area contributed by atoms with Crippen LogP contribution < -0.4 is 19.7 Å². The standard InChI is InChI=1S/C30H33N5O4/c1-18-16-35(17-19(2)29(18)36)28-7-5-6-23(34-28)24-10-8-21-14-31-22(13-25(21)33-24)15-32-30(37)20-9-11-26(38-3)27(12-20)39-4/h5-14,18-19,29,36H,15-17H2,1-4H3,(H,32,37)/t18-,19+,29?. The molecule has 3 atom stereocenters. The Morgan fingerprint density at radius 2 is 1.72 bits per heavy atom. The predicted octanol–water partition coefficient (Wildman–Crippen LogP) is 4.09. The van der Waals surface area contributed by atoms with Crippen LogP contribution in [0.2, 0.25) is 0 Å². The van der Waals surface area contributed by atoms with E-state index in [9.17, 15) is 9.90 Å². The minimum Gasteiger partial charge on any atom is -0.493 e. The topological polar surface area (TPSA) is 110 Å². The van der Waals surface area contributed by atoms with E-state index < -0.39 is 0 Å². The number of carbonyl (C=O) groups is 1. The summed E-state index contributed by atoms with van der Waals surface area (Å²) < 4.78 is 10.5. The summed E-state index contributed by atoms with van der Waals surface area (Å²) in [5.74, 6) is 2.05. The van der Waals surface area contributed by atoms with Gasteiger partial charge in [0.2, 0.25) is 0 Å². The highest BCUT2D eigenvalue weighted by atomic mass is 16.5. The van der Waals surface area contributed by atoms with Crippen LogP contribution >= 0.6 is 0 Å². The molecule has 0 bridgehead atoms. The zero-order valence-corrected chi connectivity index (χ0v) is 22.6. The zero-order chi connectivity index (χ0) is 27.5. The van der Waals surface area contributed by atoms with Crippen LogP contribution in [0.25, 0.3) is 22.3 Å². The number of benzene rings is 1. The molecule has 0 spiro atoms. The lowest BCUT2D eigenvalue weighted by atomic mass is 9.88. The number of carbonyl (C=O) groups excluding carboxylic acids is 1. The quantitative estimate of drug-likeness (QED) is 0.370. The van der Waals surface area contributed by atoms with Crippen molar-refractivity contribution in [1.29, 1.82) is 0 Å². The summed E-state index contributed by atoms with van der Waals surface area (Å²) in [5, 5.41) is 14.1. The fourth-order valence-electron chi connectivity index (χ4n) is 5.02. The molecule has 9 heteroatoms. The van der Waals surface area contributed by atoms with Gasteiger partial charge in [-0.2, -0.15) is 0 Å². The van der Waals surface area contributed by atoms with Crippen molar-refractivity contribution in [3.63, 3.8) is 0 Å². The SMILES string of the molecule is COc1ccc(C(=O)NCc2cc3nc(-c4cccc(N5C[C@@H](C)C(O)[C@@H](C)C5)n4)ccc3cn2)cc1OC. The summed E-state index contributed by atoms with van der Waals surface area (Å²) in [7, 11) is 3.09. The lowest BCUT2D eigenvalue weighted by Gasteiger charge is -2.39. The van der Waals surface area contributed by atoms with Crippen LogP contribution in [0.3, 0.4) is 0 Å². The van der Waals surface area contributed by atoms with Crippen LogP contribution in [-0.4, -0.2) is 59.4 Å². The molecule has 1 saturated heterocycles. The highest BCUT2D eigenvalue weighted by Gasteiger charge is 2.31. The Hall–Kier alpha value is -4.24. The van der Waals surface area contributed by atoms with E-state index in [1.165, 1.54) is 7.11 Å². The largest absolute Gasteiger partial charge is 0.493 e. The first-order valence-corrected chi connectivity index (χ1v) is 13.0. The molecule has 4 aromatic rings. The molecule has 9 nitrogen and oxygen atoms in total. The summed E-state index contributed by atoms with van der Waals surface area (Å²) in [4.78, 5) is 29.2. The second-order valence-electron chi connectivity index (χ2n) is 10.0. The average Bonchev–Trinajstić information content (AvgIpc) is 2.97. The first-order chi connectivity index (χ1) is 18.9. The van der Waals surface area contributed by atoms with Gasteiger partial charge in [0.25, 0.3) is 5.91 Å². The van der Waals surface area contributed by atoms with E-state index in [-0.39, 0.29) is 30.4 Å². The number of aliphatic hydroxyl groups excluding tert-OH is 1. The fraction of sp³-hybridized carbons (Fsp3) is 0.333. The summed E-state index contributed by atoms with van der Waals surface area (Å²) >= 11 is 0. The molecule has 4 heterocycles. The highest BCUT2D eigenvalue weighted by molar-refractivity contribution is 5.94. The number of rotatable bonds is 7. The Balaban J connectivity index is 1.33. The van der Waals surface area contributed by atoms with Crippen LogP contribution in [0.15, 0.2) is 60.8 Å². The third kappa shape index (κ3) is 5.63. The number of aromatic nitrogens is 3. The van der Waals surface area contributed by atoms with Crippen LogP contribution in [0, 0.1) is 11.8 Å². The van der Waals surface area contributed by atoms with Crippen molar-refractivity contribution in [1.82, 2.24) is 20.3 Å². The van der Waals surface area contributed by atoms with Gasteiger partial charge in [0.15, 0.2) is 11.5 Å². The third-order valence-corrected chi connectivity index (χ3v) is 7.21. The van der Waals surface area contributed by atoms with Crippen molar-refractivity contribution in [3.8, 4) is 22.9 Å². The maximum atomic E-state index is 12.7. The van der Waals surface area contributed by atoms with Crippen molar-refractivity contribution >= 4 is 22.6 Å². The second kappa shape index (κ2) is 11.2. The van der Waals surface area contributed by atoms with Crippen molar-refractivity contribution in [2.45, 2.75) is 26.5 Å². The van der Waals surface area contributed by atoms with Gasteiger partial charge in [-0.05, 0) is 60.4 Å². The van der Waals surface area contributed by atoms with E-state index in [0.717, 1.165) is 41.2 Å². The Labute approximate surface area is 227 Å². The number of piperidine rings is 1. The molecule has 0 radical (unpaired) electrons. The minimum atomic E-state index is -0.293. The predicted molar refractivity (Wildman–Crippen MR) is 150 cm³/mol. The Morgan fingerprint density at radius 3 is 2.46 bits per heavy atom. The van der Waals surface area contributed by atoms with Crippen LogP contribution in [0.4, 0.5) is 5.82 Å². The maximum absolute atomic E-state index is 12.7. The van der Waals surface area contributed by atoms with Crippen molar-refractivity contribution < 1.29 is 19.4 Å². The normalized spacial score (nSPS) is 19.1.